The van der Waals surface area contributed by atoms with Crippen LogP contribution in [0.1, 0.15) is 59.8 Å². The molecule has 0 spiro atoms. The second-order valence-electron chi connectivity index (χ2n) is 7.29. The van der Waals surface area contributed by atoms with E-state index in [1.807, 2.05) is 6.92 Å². The molecule has 0 radical (unpaired) electrons. The lowest BCUT2D eigenvalue weighted by Crippen LogP contribution is -2.38. The number of hydrogen-bond acceptors (Lipinski definition) is 5. The van der Waals surface area contributed by atoms with Crippen LogP contribution in [0.25, 0.3) is 0 Å². The zero-order valence-corrected chi connectivity index (χ0v) is 16.7. The molecule has 0 aromatic rings. The Hall–Kier alpha value is -1.87. The SMILES string of the molecule is CCC(C)(C)C(=O)NCCOC(=O)CCC(=O)OCCC(F)(F)CC(C)(F)F. The van der Waals surface area contributed by atoms with Gasteiger partial charge in [0.25, 0.3) is 11.8 Å². The molecule has 0 aliphatic heterocycles. The molecule has 28 heavy (non-hydrogen) atoms. The molecule has 0 atom stereocenters. The van der Waals surface area contributed by atoms with Crippen molar-refractivity contribution in [3.05, 3.63) is 0 Å². The fourth-order valence-electron chi connectivity index (χ4n) is 1.93. The van der Waals surface area contributed by atoms with Crippen LogP contribution in [0.5, 0.6) is 0 Å². The summed E-state index contributed by atoms with van der Waals surface area (Å²) in [5.74, 6) is -8.98. The summed E-state index contributed by atoms with van der Waals surface area (Å²) < 4.78 is 61.0. The molecule has 0 fully saturated rings. The predicted molar refractivity (Wildman–Crippen MR) is 93.0 cm³/mol. The van der Waals surface area contributed by atoms with Crippen LogP contribution in [-0.4, -0.2) is 49.4 Å². The molecule has 1 amide bonds. The van der Waals surface area contributed by atoms with E-state index in [9.17, 15) is 31.9 Å². The molecule has 10 heteroatoms. The van der Waals surface area contributed by atoms with Crippen molar-refractivity contribution in [3.8, 4) is 0 Å². The first-order chi connectivity index (χ1) is 12.7. The molecular weight excluding hydrogens is 386 g/mol. The molecule has 0 bridgehead atoms. The van der Waals surface area contributed by atoms with Crippen molar-refractivity contribution in [2.75, 3.05) is 19.8 Å². The summed E-state index contributed by atoms with van der Waals surface area (Å²) in [5.41, 5.74) is -0.530. The fourth-order valence-corrected chi connectivity index (χ4v) is 1.93. The van der Waals surface area contributed by atoms with Gasteiger partial charge < -0.3 is 14.8 Å². The van der Waals surface area contributed by atoms with Gasteiger partial charge in [0.05, 0.1) is 32.4 Å². The highest BCUT2D eigenvalue weighted by Gasteiger charge is 2.39. The Morgan fingerprint density at radius 3 is 1.86 bits per heavy atom. The number of ether oxygens (including phenoxy) is 2. The van der Waals surface area contributed by atoms with Crippen molar-refractivity contribution in [2.45, 2.75) is 71.6 Å². The second kappa shape index (κ2) is 11.2. The van der Waals surface area contributed by atoms with Crippen molar-refractivity contribution < 1.29 is 41.4 Å². The highest BCUT2D eigenvalue weighted by molar-refractivity contribution is 5.81. The molecule has 0 heterocycles. The third-order valence-electron chi connectivity index (χ3n) is 3.98. The van der Waals surface area contributed by atoms with E-state index in [0.29, 0.717) is 13.3 Å². The molecule has 0 aromatic heterocycles. The third kappa shape index (κ3) is 12.5. The number of esters is 2. The zero-order chi connectivity index (χ0) is 22.0. The smallest absolute Gasteiger partial charge is 0.306 e. The number of alkyl halides is 4. The number of halogens is 4. The van der Waals surface area contributed by atoms with Crippen LogP contribution in [0, 0.1) is 5.41 Å². The number of nitrogens with one attached hydrogen (secondary N) is 1. The predicted octanol–water partition coefficient (Wildman–Crippen LogP) is 3.48. The van der Waals surface area contributed by atoms with Crippen molar-refractivity contribution in [3.63, 3.8) is 0 Å². The van der Waals surface area contributed by atoms with Crippen molar-refractivity contribution in [1.29, 1.82) is 0 Å². The zero-order valence-electron chi connectivity index (χ0n) is 16.7. The number of carbonyl (C=O) groups is 3. The van der Waals surface area contributed by atoms with E-state index in [1.165, 1.54) is 0 Å². The Labute approximate surface area is 162 Å². The van der Waals surface area contributed by atoms with Gasteiger partial charge in [0.1, 0.15) is 6.61 Å². The fraction of sp³-hybridized carbons (Fsp3) is 0.833. The Morgan fingerprint density at radius 2 is 1.39 bits per heavy atom. The number of carbonyl (C=O) groups excluding carboxylic acids is 3. The maximum absolute atomic E-state index is 13.2. The van der Waals surface area contributed by atoms with Gasteiger partial charge in [-0.3, -0.25) is 14.4 Å². The Morgan fingerprint density at radius 1 is 0.893 bits per heavy atom. The van der Waals surface area contributed by atoms with Gasteiger partial charge in [0.15, 0.2) is 0 Å². The standard InChI is InChI=1S/C18H29F4NO5/c1-5-16(2,3)15(26)23-9-11-28-14(25)7-6-13(24)27-10-8-18(21,22)12-17(4,19)20/h5-12H2,1-4H3,(H,23,26). The Bertz CT molecular complexity index is 533. The van der Waals surface area contributed by atoms with Gasteiger partial charge in [0.2, 0.25) is 5.91 Å². The van der Waals surface area contributed by atoms with Crippen LogP contribution in [0.2, 0.25) is 0 Å². The quantitative estimate of drug-likeness (QED) is 0.283. The summed E-state index contributed by atoms with van der Waals surface area (Å²) in [7, 11) is 0. The van der Waals surface area contributed by atoms with E-state index in [1.54, 1.807) is 13.8 Å². The van der Waals surface area contributed by atoms with Crippen LogP contribution >= 0.6 is 0 Å². The first-order valence-electron chi connectivity index (χ1n) is 9.04. The van der Waals surface area contributed by atoms with Crippen LogP contribution in [0.3, 0.4) is 0 Å². The summed E-state index contributed by atoms with van der Waals surface area (Å²) in [6.07, 6.45) is -2.72. The summed E-state index contributed by atoms with van der Waals surface area (Å²) in [4.78, 5) is 34.7. The topological polar surface area (TPSA) is 81.7 Å². The summed E-state index contributed by atoms with van der Waals surface area (Å²) in [5, 5.41) is 2.62. The summed E-state index contributed by atoms with van der Waals surface area (Å²) >= 11 is 0. The molecule has 0 unspecified atom stereocenters. The normalized spacial score (nSPS) is 12.4. The minimum atomic E-state index is -3.66. The molecule has 0 aromatic carbocycles. The van der Waals surface area contributed by atoms with Gasteiger partial charge in [-0.15, -0.1) is 0 Å². The minimum Gasteiger partial charge on any atom is -0.465 e. The van der Waals surface area contributed by atoms with Crippen LogP contribution < -0.4 is 5.32 Å². The largest absolute Gasteiger partial charge is 0.465 e. The summed E-state index contributed by atoms with van der Waals surface area (Å²) in [6, 6.07) is 0. The number of amides is 1. The van der Waals surface area contributed by atoms with E-state index in [-0.39, 0.29) is 31.9 Å². The minimum absolute atomic E-state index is 0.0726. The molecule has 0 rings (SSSR count). The van der Waals surface area contributed by atoms with E-state index in [0.717, 1.165) is 0 Å². The van der Waals surface area contributed by atoms with Crippen LogP contribution in [-0.2, 0) is 23.9 Å². The first kappa shape index (κ1) is 26.1. The lowest BCUT2D eigenvalue weighted by Gasteiger charge is -2.21. The van der Waals surface area contributed by atoms with E-state index in [2.05, 4.69) is 10.1 Å². The van der Waals surface area contributed by atoms with Crippen molar-refractivity contribution >= 4 is 17.8 Å². The molecule has 6 nitrogen and oxygen atoms in total. The third-order valence-corrected chi connectivity index (χ3v) is 3.98. The number of hydrogen-bond donors (Lipinski definition) is 1. The van der Waals surface area contributed by atoms with Gasteiger partial charge in [-0.1, -0.05) is 20.8 Å². The van der Waals surface area contributed by atoms with Gasteiger partial charge in [-0.2, -0.15) is 0 Å². The van der Waals surface area contributed by atoms with Crippen molar-refractivity contribution in [2.24, 2.45) is 5.41 Å². The molecule has 0 saturated heterocycles. The van der Waals surface area contributed by atoms with Crippen LogP contribution in [0.4, 0.5) is 17.6 Å². The van der Waals surface area contributed by atoms with Gasteiger partial charge >= 0.3 is 11.9 Å². The molecule has 1 N–H and O–H groups in total. The van der Waals surface area contributed by atoms with Crippen LogP contribution in [0.15, 0.2) is 0 Å². The summed E-state index contributed by atoms with van der Waals surface area (Å²) in [6.45, 7) is 5.14. The van der Waals surface area contributed by atoms with E-state index < -0.39 is 48.6 Å². The Balaban J connectivity index is 3.93. The molecular formula is C18H29F4NO5. The maximum Gasteiger partial charge on any atom is 0.306 e. The van der Waals surface area contributed by atoms with E-state index in [4.69, 9.17) is 4.74 Å². The lowest BCUT2D eigenvalue weighted by molar-refractivity contribution is -0.153. The average molecular weight is 415 g/mol. The van der Waals surface area contributed by atoms with Gasteiger partial charge in [-0.05, 0) is 13.3 Å². The van der Waals surface area contributed by atoms with Gasteiger partial charge in [0, 0.05) is 11.8 Å². The molecule has 0 saturated carbocycles. The number of rotatable bonds is 13. The first-order valence-corrected chi connectivity index (χ1v) is 9.04. The monoisotopic (exact) mass is 415 g/mol. The van der Waals surface area contributed by atoms with E-state index >= 15 is 0 Å². The highest BCUT2D eigenvalue weighted by atomic mass is 19.3. The molecule has 0 aliphatic carbocycles. The average Bonchev–Trinajstić information content (AvgIpc) is 2.54. The van der Waals surface area contributed by atoms with Crippen molar-refractivity contribution in [1.82, 2.24) is 5.32 Å². The second-order valence-corrected chi connectivity index (χ2v) is 7.29. The Kier molecular flexibility index (Phi) is 10.5. The maximum atomic E-state index is 13.2. The molecule has 0 aliphatic rings. The lowest BCUT2D eigenvalue weighted by atomic mass is 9.89. The molecule has 164 valence electrons. The van der Waals surface area contributed by atoms with Gasteiger partial charge in [-0.25, -0.2) is 17.6 Å². The highest BCUT2D eigenvalue weighted by Crippen LogP contribution is 2.32.